The first kappa shape index (κ1) is 21.6. The number of aryl methyl sites for hydroxylation is 1. The number of anilines is 2. The highest BCUT2D eigenvalue weighted by molar-refractivity contribution is 6.06. The standard InChI is InChI=1S/C24H27N5O3/c1-16-22(17(2)29(28-16)20-7-4-3-5-8-20)23(30)26-18-10-12-19(13-11-18)27-24(31)25-15-21-9-6-14-32-21/h3-5,7-8,10-13,21H,6,9,14-15H2,1-2H3,(H,26,30)(H2,25,27,31). The van der Waals surface area contributed by atoms with Crippen molar-refractivity contribution < 1.29 is 14.3 Å². The molecule has 8 nitrogen and oxygen atoms in total. The Balaban J connectivity index is 1.37. The third-order valence-corrected chi connectivity index (χ3v) is 5.43. The molecular weight excluding hydrogens is 406 g/mol. The average Bonchev–Trinajstić information content (AvgIpc) is 3.42. The first-order valence-electron chi connectivity index (χ1n) is 10.7. The molecular formula is C24H27N5O3. The molecule has 1 saturated heterocycles. The van der Waals surface area contributed by atoms with Gasteiger partial charge in [0.25, 0.3) is 5.91 Å². The third-order valence-electron chi connectivity index (χ3n) is 5.43. The second-order valence-corrected chi connectivity index (χ2v) is 7.79. The quantitative estimate of drug-likeness (QED) is 0.546. The van der Waals surface area contributed by atoms with E-state index in [0.717, 1.165) is 30.8 Å². The first-order valence-corrected chi connectivity index (χ1v) is 10.7. The average molecular weight is 434 g/mol. The molecule has 8 heteroatoms. The number of hydrogen-bond donors (Lipinski definition) is 3. The van der Waals surface area contributed by atoms with Crippen LogP contribution in [0.3, 0.4) is 0 Å². The van der Waals surface area contributed by atoms with Gasteiger partial charge in [-0.25, -0.2) is 9.48 Å². The lowest BCUT2D eigenvalue weighted by Crippen LogP contribution is -2.35. The summed E-state index contributed by atoms with van der Waals surface area (Å²) < 4.78 is 7.27. The van der Waals surface area contributed by atoms with Crippen molar-refractivity contribution in [1.29, 1.82) is 0 Å². The minimum atomic E-state index is -0.281. The number of rotatable bonds is 6. The van der Waals surface area contributed by atoms with Gasteiger partial charge in [-0.05, 0) is 63.1 Å². The van der Waals surface area contributed by atoms with Gasteiger partial charge in [0, 0.05) is 24.5 Å². The zero-order chi connectivity index (χ0) is 22.5. The topological polar surface area (TPSA) is 97.3 Å². The molecule has 32 heavy (non-hydrogen) atoms. The van der Waals surface area contributed by atoms with E-state index in [1.165, 1.54) is 0 Å². The van der Waals surface area contributed by atoms with E-state index in [0.29, 0.717) is 29.2 Å². The van der Waals surface area contributed by atoms with E-state index < -0.39 is 0 Å². The van der Waals surface area contributed by atoms with Crippen LogP contribution < -0.4 is 16.0 Å². The molecule has 2 aromatic carbocycles. The Labute approximate surface area is 187 Å². The Bertz CT molecular complexity index is 1090. The summed E-state index contributed by atoms with van der Waals surface area (Å²) in [6, 6.07) is 16.4. The number of para-hydroxylation sites is 1. The largest absolute Gasteiger partial charge is 0.376 e. The van der Waals surface area contributed by atoms with Gasteiger partial charge in [0.1, 0.15) is 0 Å². The molecule has 0 spiro atoms. The molecule has 1 aliphatic heterocycles. The number of ether oxygens (including phenoxy) is 1. The Morgan fingerprint density at radius 2 is 1.72 bits per heavy atom. The number of benzene rings is 2. The maximum Gasteiger partial charge on any atom is 0.319 e. The second kappa shape index (κ2) is 9.65. The van der Waals surface area contributed by atoms with Crippen molar-refractivity contribution in [2.75, 3.05) is 23.8 Å². The van der Waals surface area contributed by atoms with Gasteiger partial charge in [-0.3, -0.25) is 4.79 Å². The molecule has 0 bridgehead atoms. The Morgan fingerprint density at radius 1 is 1.03 bits per heavy atom. The number of urea groups is 1. The van der Waals surface area contributed by atoms with Gasteiger partial charge in [-0.2, -0.15) is 5.10 Å². The number of carbonyl (C=O) groups excluding carboxylic acids is 2. The highest BCUT2D eigenvalue weighted by Gasteiger charge is 2.20. The normalized spacial score (nSPS) is 15.4. The van der Waals surface area contributed by atoms with Crippen LogP contribution in [0.4, 0.5) is 16.2 Å². The second-order valence-electron chi connectivity index (χ2n) is 7.79. The summed E-state index contributed by atoms with van der Waals surface area (Å²) in [6.45, 7) is 4.95. The molecule has 1 fully saturated rings. The molecule has 3 N–H and O–H groups in total. The third kappa shape index (κ3) is 4.97. The minimum Gasteiger partial charge on any atom is -0.376 e. The fraction of sp³-hybridized carbons (Fsp3) is 0.292. The molecule has 1 aliphatic rings. The molecule has 2 heterocycles. The molecule has 1 aromatic heterocycles. The van der Waals surface area contributed by atoms with Crippen molar-refractivity contribution in [1.82, 2.24) is 15.1 Å². The van der Waals surface area contributed by atoms with Crippen LogP contribution in [-0.2, 0) is 4.74 Å². The number of carbonyl (C=O) groups is 2. The van der Waals surface area contributed by atoms with E-state index in [2.05, 4.69) is 21.0 Å². The molecule has 166 valence electrons. The van der Waals surface area contributed by atoms with Gasteiger partial charge in [-0.15, -0.1) is 0 Å². The van der Waals surface area contributed by atoms with Gasteiger partial charge < -0.3 is 20.7 Å². The Hall–Kier alpha value is -3.65. The zero-order valence-corrected chi connectivity index (χ0v) is 18.2. The Kier molecular flexibility index (Phi) is 6.51. The monoisotopic (exact) mass is 433 g/mol. The predicted octanol–water partition coefficient (Wildman–Crippen LogP) is 4.04. The molecule has 0 saturated carbocycles. The molecule has 0 radical (unpaired) electrons. The summed E-state index contributed by atoms with van der Waals surface area (Å²) in [5, 5.41) is 13.0. The number of nitrogens with one attached hydrogen (secondary N) is 3. The van der Waals surface area contributed by atoms with Gasteiger partial charge in [0.05, 0.1) is 28.7 Å². The van der Waals surface area contributed by atoms with Crippen LogP contribution >= 0.6 is 0 Å². The molecule has 3 aromatic rings. The number of amides is 3. The van der Waals surface area contributed by atoms with Crippen molar-refractivity contribution in [3.63, 3.8) is 0 Å². The molecule has 1 unspecified atom stereocenters. The lowest BCUT2D eigenvalue weighted by atomic mass is 10.1. The van der Waals surface area contributed by atoms with Crippen LogP contribution in [0.5, 0.6) is 0 Å². The van der Waals surface area contributed by atoms with Crippen LogP contribution in [0.15, 0.2) is 54.6 Å². The summed E-state index contributed by atoms with van der Waals surface area (Å²) in [4.78, 5) is 25.0. The van der Waals surface area contributed by atoms with E-state index in [1.807, 2.05) is 44.2 Å². The van der Waals surface area contributed by atoms with Gasteiger partial charge in [0.15, 0.2) is 0 Å². The van der Waals surface area contributed by atoms with E-state index in [9.17, 15) is 9.59 Å². The van der Waals surface area contributed by atoms with Crippen molar-refractivity contribution in [3.8, 4) is 5.69 Å². The summed E-state index contributed by atoms with van der Waals surface area (Å²) in [7, 11) is 0. The zero-order valence-electron chi connectivity index (χ0n) is 18.2. The maximum absolute atomic E-state index is 12.9. The fourth-order valence-electron chi connectivity index (χ4n) is 3.81. The summed E-state index contributed by atoms with van der Waals surface area (Å²) in [5.41, 5.74) is 4.14. The van der Waals surface area contributed by atoms with Crippen molar-refractivity contribution in [2.45, 2.75) is 32.8 Å². The Morgan fingerprint density at radius 3 is 2.38 bits per heavy atom. The lowest BCUT2D eigenvalue weighted by Gasteiger charge is -2.12. The van der Waals surface area contributed by atoms with Crippen molar-refractivity contribution in [3.05, 3.63) is 71.5 Å². The maximum atomic E-state index is 12.9. The molecule has 1 atom stereocenters. The first-order chi connectivity index (χ1) is 15.5. The minimum absolute atomic E-state index is 0.0940. The summed E-state index contributed by atoms with van der Waals surface area (Å²) in [5.74, 6) is -0.225. The SMILES string of the molecule is Cc1nn(-c2ccccc2)c(C)c1C(=O)Nc1ccc(NC(=O)NCC2CCCO2)cc1. The van der Waals surface area contributed by atoms with Crippen molar-refractivity contribution >= 4 is 23.3 Å². The predicted molar refractivity (Wildman–Crippen MR) is 123 cm³/mol. The van der Waals surface area contributed by atoms with Crippen LogP contribution in [0.2, 0.25) is 0 Å². The van der Waals surface area contributed by atoms with Crippen LogP contribution in [-0.4, -0.2) is 41.0 Å². The van der Waals surface area contributed by atoms with E-state index in [-0.39, 0.29) is 18.0 Å². The highest BCUT2D eigenvalue weighted by Crippen LogP contribution is 2.20. The van der Waals surface area contributed by atoms with Crippen LogP contribution in [0, 0.1) is 13.8 Å². The highest BCUT2D eigenvalue weighted by atomic mass is 16.5. The lowest BCUT2D eigenvalue weighted by molar-refractivity contribution is 0.102. The number of hydrogen-bond acceptors (Lipinski definition) is 4. The van der Waals surface area contributed by atoms with E-state index in [1.54, 1.807) is 28.9 Å². The number of aromatic nitrogens is 2. The molecule has 3 amide bonds. The number of nitrogens with zero attached hydrogens (tertiary/aromatic N) is 2. The van der Waals surface area contributed by atoms with E-state index >= 15 is 0 Å². The fourth-order valence-corrected chi connectivity index (χ4v) is 3.81. The van der Waals surface area contributed by atoms with Gasteiger partial charge in [-0.1, -0.05) is 18.2 Å². The molecule has 4 rings (SSSR count). The van der Waals surface area contributed by atoms with E-state index in [4.69, 9.17) is 4.74 Å². The van der Waals surface area contributed by atoms with Crippen molar-refractivity contribution in [2.24, 2.45) is 0 Å². The summed E-state index contributed by atoms with van der Waals surface area (Å²) in [6.07, 6.45) is 2.10. The van der Waals surface area contributed by atoms with Crippen LogP contribution in [0.25, 0.3) is 5.69 Å². The van der Waals surface area contributed by atoms with Crippen LogP contribution in [0.1, 0.15) is 34.6 Å². The van der Waals surface area contributed by atoms with Gasteiger partial charge in [0.2, 0.25) is 0 Å². The summed E-state index contributed by atoms with van der Waals surface area (Å²) >= 11 is 0. The molecule has 0 aliphatic carbocycles. The van der Waals surface area contributed by atoms with Gasteiger partial charge >= 0.3 is 6.03 Å². The smallest absolute Gasteiger partial charge is 0.319 e.